The first-order valence-electron chi connectivity index (χ1n) is 24.0. The molecule has 11 aromatic rings. The van der Waals surface area contributed by atoms with Crippen LogP contribution in [0.5, 0.6) is 0 Å². The van der Waals surface area contributed by atoms with Crippen LogP contribution in [0.3, 0.4) is 0 Å². The molecule has 0 saturated heterocycles. The molecular formula is C67H48N2. The molecule has 10 aromatic carbocycles. The molecule has 69 heavy (non-hydrogen) atoms. The number of rotatable bonds is 8. The predicted molar refractivity (Wildman–Crippen MR) is 290 cm³/mol. The molecule has 326 valence electrons. The van der Waals surface area contributed by atoms with Gasteiger partial charge in [0.1, 0.15) is 0 Å². The molecule has 13 rings (SSSR count). The summed E-state index contributed by atoms with van der Waals surface area (Å²) in [5.41, 5.74) is 25.4. The van der Waals surface area contributed by atoms with Gasteiger partial charge in [-0.15, -0.1) is 0 Å². The van der Waals surface area contributed by atoms with Gasteiger partial charge in [-0.25, -0.2) is 0 Å². The van der Waals surface area contributed by atoms with Gasteiger partial charge in [-0.05, 0) is 146 Å². The SMILES string of the molecule is Cc1ccccc1N(c1ccc(/C=C/c2ccc3c(c2)C2(c4ccccc4-c4ccccc42)c2cc4c(cc2-3)c(-c2ccccc2)c(-c2ccccc2)n4-c2ccccc2)cc1)c1ccccc1C. The van der Waals surface area contributed by atoms with Crippen molar-refractivity contribution in [3.8, 4) is 50.3 Å². The maximum Gasteiger partial charge on any atom is 0.0726 e. The number of fused-ring (bicyclic) bond motifs is 11. The van der Waals surface area contributed by atoms with E-state index in [0.717, 1.165) is 16.9 Å². The number of para-hydroxylation sites is 3. The molecule has 0 atom stereocenters. The van der Waals surface area contributed by atoms with E-state index >= 15 is 0 Å². The van der Waals surface area contributed by atoms with Gasteiger partial charge in [0, 0.05) is 33.7 Å². The molecule has 0 radical (unpaired) electrons. The molecule has 1 heterocycles. The molecule has 0 bridgehead atoms. The molecule has 0 aliphatic heterocycles. The van der Waals surface area contributed by atoms with Crippen molar-refractivity contribution < 1.29 is 0 Å². The number of nitrogens with zero attached hydrogens (tertiary/aromatic N) is 2. The Morgan fingerprint density at radius 3 is 1.51 bits per heavy atom. The van der Waals surface area contributed by atoms with E-state index in [4.69, 9.17) is 0 Å². The minimum Gasteiger partial charge on any atom is -0.310 e. The Morgan fingerprint density at radius 2 is 0.884 bits per heavy atom. The number of aromatic nitrogens is 1. The van der Waals surface area contributed by atoms with Gasteiger partial charge in [0.2, 0.25) is 0 Å². The zero-order chi connectivity index (χ0) is 46.1. The Kier molecular flexibility index (Phi) is 9.55. The van der Waals surface area contributed by atoms with E-state index in [9.17, 15) is 0 Å². The molecule has 0 fully saturated rings. The topological polar surface area (TPSA) is 8.17 Å². The summed E-state index contributed by atoms with van der Waals surface area (Å²) >= 11 is 0. The summed E-state index contributed by atoms with van der Waals surface area (Å²) < 4.78 is 2.51. The normalized spacial score (nSPS) is 12.8. The third-order valence-corrected chi connectivity index (χ3v) is 14.7. The molecular weight excluding hydrogens is 833 g/mol. The number of anilines is 3. The third-order valence-electron chi connectivity index (χ3n) is 14.7. The van der Waals surface area contributed by atoms with Crippen molar-refractivity contribution in [1.29, 1.82) is 0 Å². The summed E-state index contributed by atoms with van der Waals surface area (Å²) in [5.74, 6) is 0. The monoisotopic (exact) mass is 880 g/mol. The smallest absolute Gasteiger partial charge is 0.0726 e. The van der Waals surface area contributed by atoms with Crippen LogP contribution in [0.2, 0.25) is 0 Å². The van der Waals surface area contributed by atoms with Crippen LogP contribution in [0, 0.1) is 13.8 Å². The van der Waals surface area contributed by atoms with Crippen molar-refractivity contribution in [2.45, 2.75) is 19.3 Å². The van der Waals surface area contributed by atoms with Gasteiger partial charge in [-0.2, -0.15) is 0 Å². The van der Waals surface area contributed by atoms with Gasteiger partial charge in [0.25, 0.3) is 0 Å². The van der Waals surface area contributed by atoms with Crippen LogP contribution in [0.4, 0.5) is 17.1 Å². The molecule has 2 aliphatic carbocycles. The van der Waals surface area contributed by atoms with Gasteiger partial charge < -0.3 is 9.47 Å². The van der Waals surface area contributed by atoms with Crippen LogP contribution >= 0.6 is 0 Å². The van der Waals surface area contributed by atoms with Crippen molar-refractivity contribution in [1.82, 2.24) is 4.57 Å². The van der Waals surface area contributed by atoms with Crippen molar-refractivity contribution in [3.63, 3.8) is 0 Å². The van der Waals surface area contributed by atoms with Crippen LogP contribution < -0.4 is 4.90 Å². The van der Waals surface area contributed by atoms with Crippen LogP contribution in [-0.2, 0) is 5.41 Å². The van der Waals surface area contributed by atoms with Crippen molar-refractivity contribution >= 4 is 40.1 Å². The summed E-state index contributed by atoms with van der Waals surface area (Å²) in [6, 6.07) is 89.5. The summed E-state index contributed by atoms with van der Waals surface area (Å²) in [4.78, 5) is 2.38. The van der Waals surface area contributed by atoms with Crippen molar-refractivity contribution in [2.24, 2.45) is 0 Å². The van der Waals surface area contributed by atoms with E-state index in [1.165, 1.54) is 106 Å². The number of benzene rings is 10. The van der Waals surface area contributed by atoms with E-state index in [2.05, 4.69) is 278 Å². The van der Waals surface area contributed by atoms with Crippen LogP contribution in [0.1, 0.15) is 44.5 Å². The van der Waals surface area contributed by atoms with Gasteiger partial charge in [-0.1, -0.05) is 200 Å². The first-order valence-corrected chi connectivity index (χ1v) is 24.0. The zero-order valence-corrected chi connectivity index (χ0v) is 38.6. The van der Waals surface area contributed by atoms with E-state index < -0.39 is 5.41 Å². The van der Waals surface area contributed by atoms with Crippen molar-refractivity contribution in [3.05, 3.63) is 287 Å². The van der Waals surface area contributed by atoms with Crippen LogP contribution in [0.15, 0.2) is 243 Å². The lowest BCUT2D eigenvalue weighted by atomic mass is 9.70. The second-order valence-corrected chi connectivity index (χ2v) is 18.5. The Bertz CT molecular complexity index is 3690. The fourth-order valence-electron chi connectivity index (χ4n) is 11.6. The highest BCUT2D eigenvalue weighted by Crippen LogP contribution is 2.64. The maximum atomic E-state index is 2.55. The standard InChI is InChI=1S/C67H48N2/c1-45-20-12-18-32-62(45)68(63-33-19-13-21-46(63)2)52-39-36-47(37-40-52)34-35-48-38-41-55-56-43-57-64(44-61(56)67(60(55)42-48)58-30-16-14-28-53(58)54-29-15-17-31-59(54)67)69(51-26-10-5-11-27-51)66(50-24-8-4-9-25-50)65(57)49-22-6-3-7-23-49/h3-44H,1-2H3/b35-34+. The van der Waals surface area contributed by atoms with Gasteiger partial charge in [0.05, 0.1) is 16.6 Å². The predicted octanol–water partition coefficient (Wildman–Crippen LogP) is 17.6. The quantitative estimate of drug-likeness (QED) is 0.138. The fourth-order valence-corrected chi connectivity index (χ4v) is 11.6. The minimum absolute atomic E-state index is 0.530. The number of aryl methyl sites for hydroxylation is 2. The Labute approximate surface area is 404 Å². The number of hydrogen-bond donors (Lipinski definition) is 0. The first-order chi connectivity index (χ1) is 34.1. The van der Waals surface area contributed by atoms with E-state index in [1.54, 1.807) is 0 Å². The van der Waals surface area contributed by atoms with E-state index in [-0.39, 0.29) is 0 Å². The molecule has 2 nitrogen and oxygen atoms in total. The zero-order valence-electron chi connectivity index (χ0n) is 38.6. The van der Waals surface area contributed by atoms with Crippen LogP contribution in [0.25, 0.3) is 73.4 Å². The maximum absolute atomic E-state index is 2.55. The lowest BCUT2D eigenvalue weighted by Crippen LogP contribution is -2.26. The molecule has 2 heteroatoms. The average Bonchev–Trinajstić information content (AvgIpc) is 4.01. The fraction of sp³-hybridized carbons (Fsp3) is 0.0448. The van der Waals surface area contributed by atoms with Gasteiger partial charge >= 0.3 is 0 Å². The molecule has 0 N–H and O–H groups in total. The molecule has 1 aromatic heterocycles. The van der Waals surface area contributed by atoms with Crippen LogP contribution in [-0.4, -0.2) is 4.57 Å². The lowest BCUT2D eigenvalue weighted by Gasteiger charge is -2.30. The Hall–Kier alpha value is -8.72. The largest absolute Gasteiger partial charge is 0.310 e. The second-order valence-electron chi connectivity index (χ2n) is 18.5. The molecule has 2 aliphatic rings. The highest BCUT2D eigenvalue weighted by atomic mass is 15.1. The van der Waals surface area contributed by atoms with E-state index in [0.29, 0.717) is 0 Å². The number of hydrogen-bond acceptors (Lipinski definition) is 1. The second kappa shape index (κ2) is 16.3. The summed E-state index contributed by atoms with van der Waals surface area (Å²) in [5, 5.41) is 1.24. The highest BCUT2D eigenvalue weighted by molar-refractivity contribution is 6.10. The average molecular weight is 881 g/mol. The summed E-state index contributed by atoms with van der Waals surface area (Å²) in [7, 11) is 0. The van der Waals surface area contributed by atoms with Gasteiger partial charge in [0.15, 0.2) is 0 Å². The minimum atomic E-state index is -0.530. The molecule has 0 amide bonds. The first kappa shape index (κ1) is 40.5. The Balaban J connectivity index is 1.01. The van der Waals surface area contributed by atoms with Gasteiger partial charge in [-0.3, -0.25) is 0 Å². The third kappa shape index (κ3) is 6.33. The molecule has 0 unspecified atom stereocenters. The molecule has 1 spiro atoms. The van der Waals surface area contributed by atoms with Crippen molar-refractivity contribution in [2.75, 3.05) is 4.90 Å². The molecule has 0 saturated carbocycles. The summed E-state index contributed by atoms with van der Waals surface area (Å²) in [6.07, 6.45) is 4.55. The lowest BCUT2D eigenvalue weighted by molar-refractivity contribution is 0.794. The summed E-state index contributed by atoms with van der Waals surface area (Å²) in [6.45, 7) is 4.37. The highest BCUT2D eigenvalue weighted by Gasteiger charge is 2.52. The Morgan fingerprint density at radius 1 is 0.391 bits per heavy atom. The van der Waals surface area contributed by atoms with E-state index in [1.807, 2.05) is 0 Å².